The molecule has 0 bridgehead atoms. The first-order valence-electron chi connectivity index (χ1n) is 31.9. The van der Waals surface area contributed by atoms with Crippen LogP contribution in [-0.4, -0.2) is 301 Å². The minimum absolute atomic E-state index is 0. The molecule has 4 saturated heterocycles. The average molecular weight is 1300 g/mol. The normalized spacial score (nSPS) is 51.2. The summed E-state index contributed by atoms with van der Waals surface area (Å²) in [4.78, 5) is 0. The highest BCUT2D eigenvalue weighted by Gasteiger charge is 2.70. The first-order chi connectivity index (χ1) is 41.6. The number of aliphatic hydroxyl groups excluding tert-OH is 18. The van der Waals surface area contributed by atoms with Crippen LogP contribution in [0.25, 0.3) is 0 Å². The van der Waals surface area contributed by atoms with Crippen LogP contribution in [0, 0.1) is 51.2 Å². The Labute approximate surface area is 525 Å². The molecule has 0 radical (unpaired) electrons. The van der Waals surface area contributed by atoms with Crippen LogP contribution in [0.2, 0.25) is 0 Å². The van der Waals surface area contributed by atoms with Crippen LogP contribution in [-0.2, 0) is 42.6 Å². The summed E-state index contributed by atoms with van der Waals surface area (Å²) in [5.41, 5.74) is -2.41. The van der Waals surface area contributed by atoms with Gasteiger partial charge in [0.15, 0.2) is 25.2 Å². The van der Waals surface area contributed by atoms with Crippen molar-refractivity contribution in [3.63, 3.8) is 0 Å². The largest absolute Gasteiger partial charge is 0.396 e. The molecule has 90 heavy (non-hydrogen) atoms. The van der Waals surface area contributed by atoms with E-state index in [0.717, 1.165) is 18.4 Å². The molecule has 9 rings (SSSR count). The van der Waals surface area contributed by atoms with Gasteiger partial charge in [-0.1, -0.05) is 60.6 Å². The molecule has 0 amide bonds. The summed E-state index contributed by atoms with van der Waals surface area (Å²) >= 11 is 0. The Hall–Kier alpha value is -1.38. The van der Waals surface area contributed by atoms with Crippen molar-refractivity contribution in [3.05, 3.63) is 11.6 Å². The van der Waals surface area contributed by atoms with Crippen LogP contribution < -0.4 is 0 Å². The summed E-state index contributed by atoms with van der Waals surface area (Å²) in [5, 5.41) is 206. The van der Waals surface area contributed by atoms with E-state index in [1.165, 1.54) is 13.8 Å². The summed E-state index contributed by atoms with van der Waals surface area (Å²) in [5.74, 6) is -0.915. The maximum absolute atomic E-state index is 12.8. The third-order valence-corrected chi connectivity index (χ3v) is 23.4. The van der Waals surface area contributed by atoms with Crippen LogP contribution >= 0.6 is 0 Å². The lowest BCUT2D eigenvalue weighted by molar-refractivity contribution is -0.354. The van der Waals surface area contributed by atoms with Crippen molar-refractivity contribution in [2.24, 2.45) is 51.2 Å². The molecule has 4 heterocycles. The Morgan fingerprint density at radius 1 is 0.556 bits per heavy atom. The zero-order valence-electron chi connectivity index (χ0n) is 52.1. The van der Waals surface area contributed by atoms with E-state index >= 15 is 0 Å². The molecule has 4 saturated carbocycles. The van der Waals surface area contributed by atoms with Gasteiger partial charge in [0.1, 0.15) is 110 Å². The zero-order valence-corrected chi connectivity index (χ0v) is 52.1. The standard InChI is InChI=1S/C61H104O28.CH4/c1-24(9-13-37(58(4,5)80)89-56-52(83-29-17-25(19-62)38(66)44(72)39(29)67)48(76)43(71)33(87-56)23-82-54-50(78)46(74)41(69)31(21-64)85-54)26-15-16-59(6)34-12-10-27-28(61(34,8)35(65)18-60(26,59)7)11-14-36(57(27,2)3)88-55-51(79)47(75)42(70)32(86-55)22-81-53-49(77)45(73)40(68)30(20-63)84-53;/h10,24-26,28-56,62-80H,9,11-23H2,1-8H3;1H4/t24?,25?,26-,28?,29-,30?,31?,32?,33?,34?,35+,36?,37?,38-,39-,40+,41-,42+,43-,44?,45+,46?,47+,48?,49?,50+,51?,52+,53+,54-,55-,56+,59-,60?,61+;/m0./s1. The van der Waals surface area contributed by atoms with Crippen molar-refractivity contribution in [2.45, 2.75) is 292 Å². The highest BCUT2D eigenvalue weighted by atomic mass is 16.8. The van der Waals surface area contributed by atoms with Gasteiger partial charge in [-0.2, -0.15) is 0 Å². The van der Waals surface area contributed by atoms with Gasteiger partial charge < -0.3 is 140 Å². The molecule has 19 N–H and O–H groups in total. The summed E-state index contributed by atoms with van der Waals surface area (Å²) in [6.45, 7) is 13.0. The topological polar surface area (TPSA) is 467 Å². The Morgan fingerprint density at radius 3 is 1.59 bits per heavy atom. The minimum atomic E-state index is -1.88. The molecule has 35 atom stereocenters. The Balaban J connectivity index is 0.0000105. The number of allylic oxidation sites excluding steroid dienone is 1. The van der Waals surface area contributed by atoms with E-state index < -0.39 is 221 Å². The number of aliphatic hydroxyl groups is 19. The summed E-state index contributed by atoms with van der Waals surface area (Å²) in [6.07, 6.45) is -34.4. The quantitative estimate of drug-likeness (QED) is 0.0515. The lowest BCUT2D eigenvalue weighted by atomic mass is 9.38. The molecule has 28 nitrogen and oxygen atoms in total. The molecule has 0 spiro atoms. The fraction of sp³-hybridized carbons (Fsp3) is 0.968. The van der Waals surface area contributed by atoms with Crippen molar-refractivity contribution in [3.8, 4) is 0 Å². The predicted octanol–water partition coefficient (Wildman–Crippen LogP) is -4.11. The minimum Gasteiger partial charge on any atom is -0.396 e. The van der Waals surface area contributed by atoms with E-state index in [0.29, 0.717) is 32.1 Å². The van der Waals surface area contributed by atoms with E-state index in [2.05, 4.69) is 33.8 Å². The van der Waals surface area contributed by atoms with Gasteiger partial charge in [0.25, 0.3) is 0 Å². The fourth-order valence-electron chi connectivity index (χ4n) is 17.5. The second kappa shape index (κ2) is 28.6. The first-order valence-corrected chi connectivity index (χ1v) is 31.9. The van der Waals surface area contributed by atoms with E-state index in [1.54, 1.807) is 0 Å². The van der Waals surface area contributed by atoms with Gasteiger partial charge in [-0.3, -0.25) is 0 Å². The van der Waals surface area contributed by atoms with Crippen molar-refractivity contribution in [1.82, 2.24) is 0 Å². The van der Waals surface area contributed by atoms with Crippen molar-refractivity contribution < 1.29 is 140 Å². The molecular formula is C62H108O28. The second-order valence-electron chi connectivity index (χ2n) is 29.2. The molecule has 0 aromatic heterocycles. The fourth-order valence-corrected chi connectivity index (χ4v) is 17.5. The van der Waals surface area contributed by atoms with Crippen LogP contribution in [0.1, 0.15) is 121 Å². The van der Waals surface area contributed by atoms with Crippen LogP contribution in [0.15, 0.2) is 11.6 Å². The van der Waals surface area contributed by atoms with Crippen molar-refractivity contribution in [1.29, 1.82) is 0 Å². The van der Waals surface area contributed by atoms with E-state index in [4.69, 9.17) is 42.6 Å². The van der Waals surface area contributed by atoms with E-state index in [-0.39, 0.29) is 54.8 Å². The Kier molecular flexibility index (Phi) is 23.6. The average Bonchev–Trinajstić information content (AvgIpc) is 1.31. The van der Waals surface area contributed by atoms with Gasteiger partial charge in [-0.15, -0.1) is 0 Å². The van der Waals surface area contributed by atoms with Gasteiger partial charge >= 0.3 is 0 Å². The van der Waals surface area contributed by atoms with Gasteiger partial charge in [-0.25, -0.2) is 0 Å². The zero-order chi connectivity index (χ0) is 65.5. The highest BCUT2D eigenvalue weighted by molar-refractivity contribution is 5.32. The molecule has 16 unspecified atom stereocenters. The lowest BCUT2D eigenvalue weighted by Crippen LogP contribution is -2.65. The number of hydrogen-bond acceptors (Lipinski definition) is 28. The smallest absolute Gasteiger partial charge is 0.187 e. The van der Waals surface area contributed by atoms with Gasteiger partial charge in [0, 0.05) is 23.4 Å². The molecule has 8 fully saturated rings. The lowest BCUT2D eigenvalue weighted by Gasteiger charge is -2.67. The van der Waals surface area contributed by atoms with E-state index in [1.807, 2.05) is 13.8 Å². The number of hydrogen-bond donors (Lipinski definition) is 19. The first kappa shape index (κ1) is 74.4. The third kappa shape index (κ3) is 13.4. The molecule has 9 aliphatic rings. The van der Waals surface area contributed by atoms with Crippen LogP contribution in [0.5, 0.6) is 0 Å². The number of ether oxygens (including phenoxy) is 9. The third-order valence-electron chi connectivity index (χ3n) is 23.4. The molecule has 524 valence electrons. The molecule has 5 aliphatic carbocycles. The molecule has 0 aromatic carbocycles. The number of fused-ring (bicyclic) bond motifs is 5. The van der Waals surface area contributed by atoms with Crippen LogP contribution in [0.4, 0.5) is 0 Å². The maximum atomic E-state index is 12.8. The predicted molar refractivity (Wildman–Crippen MR) is 310 cm³/mol. The van der Waals surface area contributed by atoms with Gasteiger partial charge in [-0.05, 0) is 106 Å². The highest BCUT2D eigenvalue weighted by Crippen LogP contribution is 2.75. The van der Waals surface area contributed by atoms with Gasteiger partial charge in [0.2, 0.25) is 0 Å². The monoisotopic (exact) mass is 1300 g/mol. The van der Waals surface area contributed by atoms with Crippen LogP contribution in [0.3, 0.4) is 0 Å². The molecule has 0 aromatic rings. The number of rotatable bonds is 20. The molecule has 28 heteroatoms. The summed E-state index contributed by atoms with van der Waals surface area (Å²) in [6, 6.07) is 0. The summed E-state index contributed by atoms with van der Waals surface area (Å²) < 4.78 is 54.1. The maximum Gasteiger partial charge on any atom is 0.187 e. The molecular weight excluding hydrogens is 1190 g/mol. The molecule has 4 aliphatic heterocycles. The Bertz CT molecular complexity index is 2340. The van der Waals surface area contributed by atoms with Crippen molar-refractivity contribution in [2.75, 3.05) is 33.0 Å². The van der Waals surface area contributed by atoms with Gasteiger partial charge in [0.05, 0.1) is 62.5 Å². The van der Waals surface area contributed by atoms with Crippen molar-refractivity contribution >= 4 is 0 Å². The summed E-state index contributed by atoms with van der Waals surface area (Å²) in [7, 11) is 0. The SMILES string of the molecule is C.CC(CCC(O[C@H]1OC(CO[C@H]2OC(CO)[C@H](O)C(O)[C@H]2O)[C@H](O)C(O)[C@H]1O[C@H]1CC(CO)[C@H](O)C(O)[C@H]1O)C(C)(C)O)[C@@H]1CC[C@@]2(C)C3CC=C4C(CCC(O[C@@H]5OC(CO[C@@H]6OC(CO)[C@@H](O)[C@@H](O)C6O)[C@@H](O)[C@@H](O)C5O)C4(C)C)[C@@]3(C)[C@H](O)CC12C. The second-order valence-corrected chi connectivity index (χ2v) is 29.2. The van der Waals surface area contributed by atoms with E-state index in [9.17, 15) is 97.0 Å². The Morgan fingerprint density at radius 2 is 1.06 bits per heavy atom.